The van der Waals surface area contributed by atoms with Crippen molar-refractivity contribution >= 4 is 17.8 Å². The number of carbonyl (C=O) groups is 3. The average Bonchev–Trinajstić information content (AvgIpc) is 2.94. The van der Waals surface area contributed by atoms with Crippen molar-refractivity contribution in [2.24, 2.45) is 0 Å². The Morgan fingerprint density at radius 2 is 1.27 bits per heavy atom. The van der Waals surface area contributed by atoms with Crippen LogP contribution in [0.25, 0.3) is 0 Å². The molecule has 6 nitrogen and oxygen atoms in total. The zero-order chi connectivity index (χ0) is 29.1. The maximum Gasteiger partial charge on any atom is 0.308 e. The molecule has 0 unspecified atom stereocenters. The number of nitrogens with one attached hydrogen (secondary N) is 1. The number of hydrogen-bond donors (Lipinski definition) is 1. The number of esters is 2. The number of hydrogen-bond acceptors (Lipinski definition) is 5. The Hall–Kier alpha value is -3.93. The highest BCUT2D eigenvalue weighted by Gasteiger charge is 2.13. The van der Waals surface area contributed by atoms with Crippen LogP contribution in [0.4, 0.5) is 0 Å². The summed E-state index contributed by atoms with van der Waals surface area (Å²) in [5, 5.41) is 2.74. The van der Waals surface area contributed by atoms with Crippen LogP contribution in [0.3, 0.4) is 0 Å². The fourth-order valence-corrected chi connectivity index (χ4v) is 3.37. The molecule has 0 aliphatic heterocycles. The van der Waals surface area contributed by atoms with Crippen LogP contribution in [-0.2, 0) is 14.3 Å². The molecule has 0 saturated carbocycles. The fraction of sp³-hybridized carbons (Fsp3) is 0.382. The first-order valence-corrected chi connectivity index (χ1v) is 14.2. The van der Waals surface area contributed by atoms with Crippen molar-refractivity contribution < 1.29 is 23.9 Å². The number of carbonyl (C=O) groups excluding carboxylic acids is 3. The molecule has 1 aromatic rings. The molecule has 0 aliphatic carbocycles. The topological polar surface area (TPSA) is 81.7 Å². The van der Waals surface area contributed by atoms with Crippen molar-refractivity contribution in [2.45, 2.75) is 71.6 Å². The van der Waals surface area contributed by atoms with Crippen LogP contribution in [0, 0.1) is 0 Å². The summed E-state index contributed by atoms with van der Waals surface area (Å²) < 4.78 is 10.3. The van der Waals surface area contributed by atoms with Gasteiger partial charge in [0.15, 0.2) is 0 Å². The molecule has 0 saturated heterocycles. The quantitative estimate of drug-likeness (QED) is 0.0781. The van der Waals surface area contributed by atoms with Crippen LogP contribution in [0.5, 0.6) is 5.75 Å². The largest absolute Gasteiger partial charge is 0.466 e. The Bertz CT molecular complexity index is 1050. The SMILES string of the molecule is CCC=CCC=CCC=CCC=CCC=CCC=CCCC(=O)OCCCNC(=O)c1ccccc1OC(C)=O. The van der Waals surface area contributed by atoms with Crippen LogP contribution in [-0.4, -0.2) is 31.0 Å². The summed E-state index contributed by atoms with van der Waals surface area (Å²) in [6.45, 7) is 4.00. The molecule has 0 atom stereocenters. The van der Waals surface area contributed by atoms with Gasteiger partial charge in [-0.3, -0.25) is 14.4 Å². The van der Waals surface area contributed by atoms with Gasteiger partial charge in [0, 0.05) is 19.9 Å². The lowest BCUT2D eigenvalue weighted by Crippen LogP contribution is -2.26. The maximum atomic E-state index is 12.3. The lowest BCUT2D eigenvalue weighted by molar-refractivity contribution is -0.143. The first kappa shape index (κ1) is 34.1. The fourth-order valence-electron chi connectivity index (χ4n) is 3.37. The summed E-state index contributed by atoms with van der Waals surface area (Å²) >= 11 is 0. The molecule has 0 spiro atoms. The molecular formula is C34H45NO5. The standard InChI is InChI=1S/C34H45NO5/c1-3-4-5-6-7-8-9-10-11-12-13-14-15-16-17-18-19-20-21-27-33(37)39-29-24-28-35-34(38)31-25-22-23-26-32(31)40-30(2)36/h4-5,7-8,10-11,13-14,16-17,19-20,22-23,25-26H,3,6,9,12,15,18,21,24,27-29H2,1-2H3,(H,35,38). The lowest BCUT2D eigenvalue weighted by Gasteiger charge is -2.09. The van der Waals surface area contributed by atoms with E-state index in [4.69, 9.17) is 9.47 Å². The second kappa shape index (κ2) is 24.1. The first-order valence-electron chi connectivity index (χ1n) is 14.2. The van der Waals surface area contributed by atoms with Gasteiger partial charge in [0.25, 0.3) is 5.91 Å². The van der Waals surface area contributed by atoms with E-state index in [1.54, 1.807) is 24.3 Å². The molecule has 216 valence electrons. The second-order valence-electron chi connectivity index (χ2n) is 8.87. The molecule has 1 amide bonds. The third-order valence-corrected chi connectivity index (χ3v) is 5.37. The van der Waals surface area contributed by atoms with Crippen molar-refractivity contribution in [3.05, 3.63) is 103 Å². The van der Waals surface area contributed by atoms with E-state index in [0.717, 1.165) is 38.5 Å². The van der Waals surface area contributed by atoms with Crippen molar-refractivity contribution in [1.29, 1.82) is 0 Å². The summed E-state index contributed by atoms with van der Waals surface area (Å²) in [6, 6.07) is 6.54. The zero-order valence-electron chi connectivity index (χ0n) is 24.1. The molecule has 0 bridgehead atoms. The molecule has 40 heavy (non-hydrogen) atoms. The van der Waals surface area contributed by atoms with Crippen LogP contribution in [0.1, 0.15) is 82.0 Å². The third-order valence-electron chi connectivity index (χ3n) is 5.37. The monoisotopic (exact) mass is 547 g/mol. The number of ether oxygens (including phenoxy) is 2. The molecular weight excluding hydrogens is 502 g/mol. The van der Waals surface area contributed by atoms with Gasteiger partial charge in [-0.2, -0.15) is 0 Å². The van der Waals surface area contributed by atoms with E-state index in [-0.39, 0.29) is 29.8 Å². The highest BCUT2D eigenvalue weighted by atomic mass is 16.5. The van der Waals surface area contributed by atoms with Gasteiger partial charge in [-0.25, -0.2) is 0 Å². The van der Waals surface area contributed by atoms with E-state index < -0.39 is 5.97 Å². The molecule has 1 aromatic carbocycles. The van der Waals surface area contributed by atoms with E-state index in [9.17, 15) is 14.4 Å². The Labute approximate surface area is 240 Å². The average molecular weight is 548 g/mol. The van der Waals surface area contributed by atoms with Crippen LogP contribution in [0.15, 0.2) is 97.2 Å². The van der Waals surface area contributed by atoms with Crippen molar-refractivity contribution in [2.75, 3.05) is 13.2 Å². The van der Waals surface area contributed by atoms with E-state index in [1.165, 1.54) is 6.92 Å². The molecule has 0 aliphatic rings. The normalized spacial score (nSPS) is 12.1. The van der Waals surface area contributed by atoms with Gasteiger partial charge < -0.3 is 14.8 Å². The number of benzene rings is 1. The predicted molar refractivity (Wildman–Crippen MR) is 163 cm³/mol. The highest BCUT2D eigenvalue weighted by molar-refractivity contribution is 5.97. The Morgan fingerprint density at radius 1 is 0.750 bits per heavy atom. The zero-order valence-corrected chi connectivity index (χ0v) is 24.1. The lowest BCUT2D eigenvalue weighted by atomic mass is 10.2. The Balaban J connectivity index is 2.04. The van der Waals surface area contributed by atoms with Crippen LogP contribution in [0.2, 0.25) is 0 Å². The van der Waals surface area contributed by atoms with E-state index >= 15 is 0 Å². The maximum absolute atomic E-state index is 12.3. The summed E-state index contributed by atoms with van der Waals surface area (Å²) in [5.74, 6) is -0.878. The van der Waals surface area contributed by atoms with Crippen molar-refractivity contribution in [3.63, 3.8) is 0 Å². The van der Waals surface area contributed by atoms with Gasteiger partial charge >= 0.3 is 11.9 Å². The molecule has 1 rings (SSSR count). The number of para-hydroxylation sites is 1. The van der Waals surface area contributed by atoms with Gasteiger partial charge in [-0.1, -0.05) is 92.0 Å². The minimum atomic E-state index is -0.490. The summed E-state index contributed by atoms with van der Waals surface area (Å²) in [4.78, 5) is 35.4. The van der Waals surface area contributed by atoms with Gasteiger partial charge in [0.05, 0.1) is 12.2 Å². The Morgan fingerprint density at radius 3 is 1.82 bits per heavy atom. The first-order chi connectivity index (χ1) is 19.5. The summed E-state index contributed by atoms with van der Waals surface area (Å²) in [6.07, 6.45) is 33.0. The van der Waals surface area contributed by atoms with E-state index in [2.05, 4.69) is 73.0 Å². The van der Waals surface area contributed by atoms with Crippen molar-refractivity contribution in [3.8, 4) is 5.75 Å². The molecule has 0 heterocycles. The Kier molecular flexibility index (Phi) is 20.6. The van der Waals surface area contributed by atoms with E-state index in [0.29, 0.717) is 25.8 Å². The smallest absolute Gasteiger partial charge is 0.308 e. The molecule has 6 heteroatoms. The minimum absolute atomic E-state index is 0.216. The number of amides is 1. The highest BCUT2D eigenvalue weighted by Crippen LogP contribution is 2.17. The molecule has 0 aromatic heterocycles. The molecule has 0 fully saturated rings. The van der Waals surface area contributed by atoms with Crippen LogP contribution < -0.4 is 10.1 Å². The van der Waals surface area contributed by atoms with Gasteiger partial charge in [-0.05, 0) is 63.5 Å². The van der Waals surface area contributed by atoms with Gasteiger partial charge in [0.2, 0.25) is 0 Å². The van der Waals surface area contributed by atoms with Crippen molar-refractivity contribution in [1.82, 2.24) is 5.32 Å². The molecule has 1 N–H and O–H groups in total. The third kappa shape index (κ3) is 19.2. The minimum Gasteiger partial charge on any atom is -0.466 e. The summed E-state index contributed by atoms with van der Waals surface area (Å²) in [7, 11) is 0. The number of rotatable bonds is 20. The number of allylic oxidation sites excluding steroid dienone is 12. The predicted octanol–water partition coefficient (Wildman–Crippen LogP) is 7.75. The summed E-state index contributed by atoms with van der Waals surface area (Å²) in [5.41, 5.74) is 0.283. The second-order valence-corrected chi connectivity index (χ2v) is 8.87. The van der Waals surface area contributed by atoms with E-state index in [1.807, 2.05) is 12.2 Å². The molecule has 0 radical (unpaired) electrons. The van der Waals surface area contributed by atoms with Gasteiger partial charge in [-0.15, -0.1) is 0 Å². The van der Waals surface area contributed by atoms with Crippen LogP contribution >= 0.6 is 0 Å². The van der Waals surface area contributed by atoms with Gasteiger partial charge in [0.1, 0.15) is 5.75 Å².